The average Bonchev–Trinajstić information content (AvgIpc) is 3.12. The van der Waals surface area contributed by atoms with Crippen LogP contribution in [-0.4, -0.2) is 34.2 Å². The van der Waals surface area contributed by atoms with E-state index in [1.807, 2.05) is 27.7 Å². The number of rotatable bonds is 10. The zero-order valence-electron chi connectivity index (χ0n) is 21.0. The molecule has 2 aromatic rings. The van der Waals surface area contributed by atoms with E-state index < -0.39 is 26.1 Å². The number of nitro benzene ring substituents is 1. The fourth-order valence-electron chi connectivity index (χ4n) is 3.45. The number of hydrogen-bond acceptors (Lipinski definition) is 7. The highest BCUT2D eigenvalue weighted by Gasteiger charge is 2.30. The van der Waals surface area contributed by atoms with E-state index in [0.717, 1.165) is 5.57 Å². The van der Waals surface area contributed by atoms with Crippen LogP contribution in [0.1, 0.15) is 81.9 Å². The second-order valence-electron chi connectivity index (χ2n) is 9.08. The first kappa shape index (κ1) is 27.2. The maximum absolute atomic E-state index is 13.6. The lowest BCUT2D eigenvalue weighted by atomic mass is 9.90. The molecule has 0 aliphatic heterocycles. The lowest BCUT2D eigenvalue weighted by molar-refractivity contribution is -0.385. The molecule has 0 fully saturated rings. The lowest BCUT2D eigenvalue weighted by Crippen LogP contribution is -2.25. The van der Waals surface area contributed by atoms with Gasteiger partial charge in [-0.2, -0.15) is 13.5 Å². The second-order valence-corrected chi connectivity index (χ2v) is 11.0. The number of carbonyl (C=O) groups is 1. The standard InChI is InChI=1S/C24H33N3O6S/c1-9-16(6)34(31,32)33-24-20(12-25-26(24)13-14(2)3)23(28)19-10-11-21(27(29)30)22(18(19)8)17(7)15(4)5/h10-12,14,16H,9,13H2,1-8H3. The zero-order chi connectivity index (χ0) is 26.0. The van der Waals surface area contributed by atoms with Crippen LogP contribution in [0.5, 0.6) is 5.88 Å². The van der Waals surface area contributed by atoms with Gasteiger partial charge in [-0.15, -0.1) is 0 Å². The molecule has 0 radical (unpaired) electrons. The molecule has 0 N–H and O–H groups in total. The summed E-state index contributed by atoms with van der Waals surface area (Å²) < 4.78 is 32.3. The Hall–Kier alpha value is -3.01. The van der Waals surface area contributed by atoms with Crippen molar-refractivity contribution in [2.24, 2.45) is 5.92 Å². The van der Waals surface area contributed by atoms with Crippen molar-refractivity contribution in [3.8, 4) is 5.88 Å². The molecule has 34 heavy (non-hydrogen) atoms. The Labute approximate surface area is 201 Å². The van der Waals surface area contributed by atoms with E-state index in [4.69, 9.17) is 4.18 Å². The van der Waals surface area contributed by atoms with E-state index >= 15 is 0 Å². The number of nitrogens with zero attached hydrogens (tertiary/aromatic N) is 3. The number of carbonyl (C=O) groups excluding carboxylic acids is 1. The van der Waals surface area contributed by atoms with Crippen LogP contribution in [0, 0.1) is 23.0 Å². The number of ketones is 1. The largest absolute Gasteiger partial charge is 0.361 e. The molecule has 1 heterocycles. The lowest BCUT2D eigenvalue weighted by Gasteiger charge is -2.16. The normalized spacial score (nSPS) is 12.5. The summed E-state index contributed by atoms with van der Waals surface area (Å²) in [4.78, 5) is 24.8. The molecule has 0 amide bonds. The number of benzene rings is 1. The van der Waals surface area contributed by atoms with Crippen LogP contribution in [0.4, 0.5) is 5.69 Å². The molecule has 0 spiro atoms. The fraction of sp³-hybridized carbons (Fsp3) is 0.500. The number of nitro groups is 1. The van der Waals surface area contributed by atoms with Crippen molar-refractivity contribution in [2.75, 3.05) is 0 Å². The Morgan fingerprint density at radius 3 is 2.29 bits per heavy atom. The van der Waals surface area contributed by atoms with Gasteiger partial charge in [0.25, 0.3) is 5.69 Å². The van der Waals surface area contributed by atoms with Crippen LogP contribution < -0.4 is 4.18 Å². The molecule has 0 aliphatic carbocycles. The Morgan fingerprint density at radius 1 is 1.18 bits per heavy atom. The first-order chi connectivity index (χ1) is 15.7. The monoisotopic (exact) mass is 491 g/mol. The van der Waals surface area contributed by atoms with Crippen molar-refractivity contribution in [3.63, 3.8) is 0 Å². The molecule has 0 saturated heterocycles. The molecule has 2 rings (SSSR count). The van der Waals surface area contributed by atoms with Crippen molar-refractivity contribution < 1.29 is 22.3 Å². The van der Waals surface area contributed by atoms with Gasteiger partial charge in [-0.3, -0.25) is 14.9 Å². The molecule has 1 atom stereocenters. The van der Waals surface area contributed by atoms with Crippen molar-refractivity contribution in [2.45, 2.75) is 73.6 Å². The Balaban J connectivity index is 2.73. The summed E-state index contributed by atoms with van der Waals surface area (Å²) in [6.07, 6.45) is 1.64. The summed E-state index contributed by atoms with van der Waals surface area (Å²) in [5.41, 5.74) is 2.50. The average molecular weight is 492 g/mol. The summed E-state index contributed by atoms with van der Waals surface area (Å²) in [6.45, 7) is 14.6. The van der Waals surface area contributed by atoms with E-state index in [-0.39, 0.29) is 28.6 Å². The number of hydrogen-bond donors (Lipinski definition) is 0. The smallest absolute Gasteiger partial charge is 0.313 e. The van der Waals surface area contributed by atoms with Gasteiger partial charge in [-0.05, 0) is 64.2 Å². The number of allylic oxidation sites excluding steroid dienone is 2. The molecule has 9 nitrogen and oxygen atoms in total. The predicted octanol–water partition coefficient (Wildman–Crippen LogP) is 5.31. The maximum Gasteiger partial charge on any atom is 0.313 e. The summed E-state index contributed by atoms with van der Waals surface area (Å²) in [7, 11) is -4.00. The van der Waals surface area contributed by atoms with Gasteiger partial charge >= 0.3 is 10.1 Å². The minimum absolute atomic E-state index is 0.00900. The van der Waals surface area contributed by atoms with Crippen LogP contribution in [0.3, 0.4) is 0 Å². The quantitative estimate of drug-likeness (QED) is 0.191. The Bertz CT molecular complexity index is 1240. The second kappa shape index (κ2) is 10.5. The summed E-state index contributed by atoms with van der Waals surface area (Å²) in [5.74, 6) is -0.540. The summed E-state index contributed by atoms with van der Waals surface area (Å²) >= 11 is 0. The third-order valence-electron chi connectivity index (χ3n) is 5.85. The summed E-state index contributed by atoms with van der Waals surface area (Å²) in [6, 6.07) is 2.70. The van der Waals surface area contributed by atoms with Crippen molar-refractivity contribution in [1.29, 1.82) is 0 Å². The minimum atomic E-state index is -4.00. The van der Waals surface area contributed by atoms with Gasteiger partial charge in [-0.25, -0.2) is 4.68 Å². The first-order valence-corrected chi connectivity index (χ1v) is 12.7. The molecule has 1 aromatic heterocycles. The third-order valence-corrected chi connectivity index (χ3v) is 7.56. The fourth-order valence-corrected chi connectivity index (χ4v) is 4.42. The van der Waals surface area contributed by atoms with Gasteiger partial charge in [0.15, 0.2) is 5.78 Å². The van der Waals surface area contributed by atoms with Crippen LogP contribution >= 0.6 is 0 Å². The molecule has 1 unspecified atom stereocenters. The highest BCUT2D eigenvalue weighted by Crippen LogP contribution is 2.35. The highest BCUT2D eigenvalue weighted by molar-refractivity contribution is 7.87. The van der Waals surface area contributed by atoms with Crippen LogP contribution in [0.15, 0.2) is 23.9 Å². The maximum atomic E-state index is 13.6. The predicted molar refractivity (Wildman–Crippen MR) is 132 cm³/mol. The Kier molecular flexibility index (Phi) is 8.41. The van der Waals surface area contributed by atoms with E-state index in [2.05, 4.69) is 5.10 Å². The number of aromatic nitrogens is 2. The molecule has 0 bridgehead atoms. The van der Waals surface area contributed by atoms with Gasteiger partial charge in [-0.1, -0.05) is 26.3 Å². The van der Waals surface area contributed by atoms with Crippen LogP contribution in [0.2, 0.25) is 0 Å². The van der Waals surface area contributed by atoms with E-state index in [0.29, 0.717) is 29.7 Å². The molecule has 10 heteroatoms. The van der Waals surface area contributed by atoms with E-state index in [1.54, 1.807) is 20.8 Å². The van der Waals surface area contributed by atoms with Crippen molar-refractivity contribution in [1.82, 2.24) is 9.78 Å². The van der Waals surface area contributed by atoms with Gasteiger partial charge in [0.05, 0.1) is 21.9 Å². The highest BCUT2D eigenvalue weighted by atomic mass is 32.2. The SMILES string of the molecule is CCC(C)S(=O)(=O)Oc1c(C(=O)c2ccc([N+](=O)[O-])c(C(C)=C(C)C)c2C)cnn1CC(C)C. The molecular formula is C24H33N3O6S. The van der Waals surface area contributed by atoms with Gasteiger partial charge in [0.1, 0.15) is 5.56 Å². The van der Waals surface area contributed by atoms with Crippen molar-refractivity contribution >= 4 is 27.2 Å². The molecule has 186 valence electrons. The van der Waals surface area contributed by atoms with Gasteiger partial charge < -0.3 is 4.18 Å². The van der Waals surface area contributed by atoms with E-state index in [1.165, 1.54) is 29.9 Å². The minimum Gasteiger partial charge on any atom is -0.361 e. The van der Waals surface area contributed by atoms with Crippen LogP contribution in [-0.2, 0) is 16.7 Å². The van der Waals surface area contributed by atoms with Gasteiger partial charge in [0.2, 0.25) is 5.88 Å². The topological polar surface area (TPSA) is 121 Å². The van der Waals surface area contributed by atoms with E-state index in [9.17, 15) is 23.3 Å². The molecule has 0 saturated carbocycles. The molecule has 0 aliphatic rings. The Morgan fingerprint density at radius 2 is 1.79 bits per heavy atom. The van der Waals surface area contributed by atoms with Crippen LogP contribution in [0.25, 0.3) is 5.57 Å². The molecule has 1 aromatic carbocycles. The summed E-state index contributed by atoms with van der Waals surface area (Å²) in [5, 5.41) is 15.1. The zero-order valence-corrected chi connectivity index (χ0v) is 21.8. The first-order valence-electron chi connectivity index (χ1n) is 11.2. The molecular weight excluding hydrogens is 458 g/mol. The van der Waals surface area contributed by atoms with Crippen molar-refractivity contribution in [3.05, 3.63) is 56.3 Å². The van der Waals surface area contributed by atoms with Gasteiger partial charge in [0, 0.05) is 18.2 Å². The third kappa shape index (κ3) is 5.55.